The maximum atomic E-state index is 11.2. The van der Waals surface area contributed by atoms with Crippen molar-refractivity contribution >= 4 is 20.2 Å². The minimum Gasteiger partial charge on any atom is -0.352 e. The van der Waals surface area contributed by atoms with Crippen LogP contribution in [-0.2, 0) is 29.7 Å². The zero-order valence-corrected chi connectivity index (χ0v) is 11.6. The zero-order chi connectivity index (χ0) is 14.8. The largest absolute Gasteiger partial charge is 0.352 e. The van der Waals surface area contributed by atoms with Crippen molar-refractivity contribution in [2.75, 3.05) is 14.2 Å². The lowest BCUT2D eigenvalue weighted by Gasteiger charge is -2.16. The second kappa shape index (κ2) is 5.53. The van der Waals surface area contributed by atoms with Crippen LogP contribution >= 0.6 is 0 Å². The van der Waals surface area contributed by atoms with Crippen LogP contribution in [0.2, 0.25) is 0 Å². The van der Waals surface area contributed by atoms with Crippen LogP contribution in [0.25, 0.3) is 0 Å². The molecule has 1 aromatic carbocycles. The predicted molar refractivity (Wildman–Crippen MR) is 62.8 cm³/mol. The molecule has 0 saturated heterocycles. The normalized spacial score (nSPS) is 12.9. The van der Waals surface area contributed by atoms with E-state index in [2.05, 4.69) is 0 Å². The van der Waals surface area contributed by atoms with Crippen LogP contribution in [0.3, 0.4) is 0 Å². The van der Waals surface area contributed by atoms with Gasteiger partial charge in [0, 0.05) is 19.8 Å². The van der Waals surface area contributed by atoms with Crippen LogP contribution in [0.1, 0.15) is 11.9 Å². The van der Waals surface area contributed by atoms with Gasteiger partial charge in [-0.05, 0) is 12.1 Å². The van der Waals surface area contributed by atoms with Crippen molar-refractivity contribution in [1.29, 1.82) is 0 Å². The molecular formula is C9H12O8S2. The second-order valence-corrected chi connectivity index (χ2v) is 6.26. The van der Waals surface area contributed by atoms with Crippen molar-refractivity contribution in [3.63, 3.8) is 0 Å². The average molecular weight is 312 g/mol. The molecule has 0 aromatic heterocycles. The highest BCUT2D eigenvalue weighted by Crippen LogP contribution is 2.27. The Morgan fingerprint density at radius 2 is 1.53 bits per heavy atom. The Morgan fingerprint density at radius 3 is 1.89 bits per heavy atom. The lowest BCUT2D eigenvalue weighted by Crippen LogP contribution is -2.12. The lowest BCUT2D eigenvalue weighted by atomic mass is 10.2. The molecule has 10 heteroatoms. The number of hydrogen-bond acceptors (Lipinski definition) is 6. The highest BCUT2D eigenvalue weighted by Gasteiger charge is 2.24. The molecule has 0 bridgehead atoms. The van der Waals surface area contributed by atoms with Gasteiger partial charge in [-0.2, -0.15) is 16.8 Å². The fourth-order valence-electron chi connectivity index (χ4n) is 1.44. The average Bonchev–Trinajstić information content (AvgIpc) is 2.28. The minimum absolute atomic E-state index is 0.0973. The molecular weight excluding hydrogens is 300 g/mol. The van der Waals surface area contributed by atoms with Crippen LogP contribution < -0.4 is 0 Å². The third kappa shape index (κ3) is 3.72. The third-order valence-electron chi connectivity index (χ3n) is 2.24. The standard InChI is InChI=1S/C9H12O8S2/c1-16-9(17-2)7-4-3-6(18(10,11)12)5-8(7)19(13,14)15/h3-5,9H,1-2H3,(H,10,11,12)(H,13,14,15). The smallest absolute Gasteiger partial charge is 0.295 e. The van der Waals surface area contributed by atoms with Crippen LogP contribution in [-0.4, -0.2) is 40.2 Å². The predicted octanol–water partition coefficient (Wildman–Crippen LogP) is 0.471. The summed E-state index contributed by atoms with van der Waals surface area (Å²) >= 11 is 0. The summed E-state index contributed by atoms with van der Waals surface area (Å²) < 4.78 is 72.0. The highest BCUT2D eigenvalue weighted by atomic mass is 32.2. The van der Waals surface area contributed by atoms with E-state index in [0.717, 1.165) is 12.1 Å². The molecule has 0 aliphatic rings. The Balaban J connectivity index is 3.60. The maximum Gasteiger partial charge on any atom is 0.295 e. The highest BCUT2D eigenvalue weighted by molar-refractivity contribution is 7.86. The molecule has 0 saturated carbocycles. The number of rotatable bonds is 5. The molecule has 0 amide bonds. The molecule has 0 heterocycles. The third-order valence-corrected chi connectivity index (χ3v) is 4.00. The fraction of sp³-hybridized carbons (Fsp3) is 0.333. The van der Waals surface area contributed by atoms with Gasteiger partial charge in [0.15, 0.2) is 6.29 Å². The number of ether oxygens (including phenoxy) is 2. The van der Waals surface area contributed by atoms with Gasteiger partial charge in [0.25, 0.3) is 20.2 Å². The first kappa shape index (κ1) is 16.0. The van der Waals surface area contributed by atoms with Crippen molar-refractivity contribution in [3.05, 3.63) is 23.8 Å². The van der Waals surface area contributed by atoms with E-state index < -0.39 is 36.3 Å². The van der Waals surface area contributed by atoms with E-state index in [0.29, 0.717) is 6.07 Å². The summed E-state index contributed by atoms with van der Waals surface area (Å²) in [6.07, 6.45) is -1.12. The number of benzene rings is 1. The Bertz CT molecular complexity index is 657. The monoisotopic (exact) mass is 312 g/mol. The summed E-state index contributed by atoms with van der Waals surface area (Å²) in [5.41, 5.74) is -0.0973. The Labute approximate surface area is 110 Å². The molecule has 1 rings (SSSR count). The van der Waals surface area contributed by atoms with Gasteiger partial charge in [-0.3, -0.25) is 9.11 Å². The van der Waals surface area contributed by atoms with Crippen LogP contribution in [0.4, 0.5) is 0 Å². The summed E-state index contributed by atoms with van der Waals surface area (Å²) in [4.78, 5) is -1.40. The maximum absolute atomic E-state index is 11.2. The van der Waals surface area contributed by atoms with Crippen molar-refractivity contribution in [2.45, 2.75) is 16.1 Å². The van der Waals surface area contributed by atoms with E-state index in [-0.39, 0.29) is 5.56 Å². The van der Waals surface area contributed by atoms with Gasteiger partial charge >= 0.3 is 0 Å². The van der Waals surface area contributed by atoms with Gasteiger partial charge in [0.2, 0.25) is 0 Å². The molecule has 1 aromatic rings. The Morgan fingerprint density at radius 1 is 1.00 bits per heavy atom. The van der Waals surface area contributed by atoms with Gasteiger partial charge in [0.05, 0.1) is 4.90 Å². The summed E-state index contributed by atoms with van der Waals surface area (Å²) in [7, 11) is -6.85. The minimum atomic E-state index is -4.72. The van der Waals surface area contributed by atoms with Gasteiger partial charge in [-0.1, -0.05) is 6.07 Å². The van der Waals surface area contributed by atoms with Crippen molar-refractivity contribution in [3.8, 4) is 0 Å². The van der Waals surface area contributed by atoms with Crippen LogP contribution in [0.5, 0.6) is 0 Å². The molecule has 19 heavy (non-hydrogen) atoms. The van der Waals surface area contributed by atoms with Gasteiger partial charge < -0.3 is 9.47 Å². The molecule has 0 aliphatic heterocycles. The summed E-state index contributed by atoms with van der Waals surface area (Å²) in [6, 6.07) is 2.64. The number of methoxy groups -OCH3 is 2. The SMILES string of the molecule is COC(OC)c1ccc(S(=O)(=O)O)cc1S(=O)(=O)O. The molecule has 0 unspecified atom stereocenters. The molecule has 0 spiro atoms. The molecule has 0 radical (unpaired) electrons. The molecule has 0 aliphatic carbocycles. The van der Waals surface area contributed by atoms with Crippen molar-refractivity contribution in [1.82, 2.24) is 0 Å². The van der Waals surface area contributed by atoms with E-state index in [1.54, 1.807) is 0 Å². The second-order valence-electron chi connectivity index (χ2n) is 3.45. The van der Waals surface area contributed by atoms with Gasteiger partial charge in [0.1, 0.15) is 4.90 Å². The summed E-state index contributed by atoms with van der Waals surface area (Å²) in [5.74, 6) is 0. The first-order valence-electron chi connectivity index (χ1n) is 4.75. The molecule has 0 atom stereocenters. The number of hydrogen-bond donors (Lipinski definition) is 2. The quantitative estimate of drug-likeness (QED) is 0.593. The van der Waals surface area contributed by atoms with Gasteiger partial charge in [-0.15, -0.1) is 0 Å². The van der Waals surface area contributed by atoms with Crippen molar-refractivity contribution < 1.29 is 35.4 Å². The first-order valence-corrected chi connectivity index (χ1v) is 7.63. The summed E-state index contributed by atoms with van der Waals surface area (Å²) in [6.45, 7) is 0. The first-order chi connectivity index (χ1) is 8.61. The molecule has 8 nitrogen and oxygen atoms in total. The summed E-state index contributed by atoms with van der Waals surface area (Å²) in [5, 5.41) is 0. The Hall–Kier alpha value is -1.04. The zero-order valence-electron chi connectivity index (χ0n) is 9.97. The van der Waals surface area contributed by atoms with Crippen LogP contribution in [0.15, 0.2) is 28.0 Å². The van der Waals surface area contributed by atoms with E-state index in [9.17, 15) is 16.8 Å². The van der Waals surface area contributed by atoms with E-state index in [4.69, 9.17) is 18.6 Å². The molecule has 0 fully saturated rings. The van der Waals surface area contributed by atoms with Crippen molar-refractivity contribution in [2.24, 2.45) is 0 Å². The van der Waals surface area contributed by atoms with E-state index in [1.165, 1.54) is 14.2 Å². The topological polar surface area (TPSA) is 127 Å². The fourth-order valence-corrected chi connectivity index (χ4v) is 2.76. The molecule has 2 N–H and O–H groups in total. The molecule has 108 valence electrons. The van der Waals surface area contributed by atoms with Crippen LogP contribution in [0, 0.1) is 0 Å². The van der Waals surface area contributed by atoms with E-state index >= 15 is 0 Å². The lowest BCUT2D eigenvalue weighted by molar-refractivity contribution is -0.107. The Kier molecular flexibility index (Phi) is 4.66. The van der Waals surface area contributed by atoms with E-state index in [1.807, 2.05) is 0 Å². The van der Waals surface area contributed by atoms with Gasteiger partial charge in [-0.25, -0.2) is 0 Å².